The summed E-state index contributed by atoms with van der Waals surface area (Å²) < 4.78 is 0. The molecule has 1 aliphatic rings. The first-order valence-electron chi connectivity index (χ1n) is 6.86. The van der Waals surface area contributed by atoms with E-state index >= 15 is 0 Å². The van der Waals surface area contributed by atoms with E-state index in [0.717, 1.165) is 31.8 Å². The SMILES string of the molecule is CCC1CCCN(c2nc(C(=O)O)ccc2N)CC1. The van der Waals surface area contributed by atoms with Gasteiger partial charge in [-0.2, -0.15) is 0 Å². The van der Waals surface area contributed by atoms with Crippen molar-refractivity contribution >= 4 is 17.5 Å². The van der Waals surface area contributed by atoms with Crippen LogP contribution in [0.25, 0.3) is 0 Å². The lowest BCUT2D eigenvalue weighted by atomic mass is 9.98. The molecule has 1 aromatic rings. The van der Waals surface area contributed by atoms with Gasteiger partial charge in [0.1, 0.15) is 0 Å². The van der Waals surface area contributed by atoms with Crippen LogP contribution in [0.3, 0.4) is 0 Å². The summed E-state index contributed by atoms with van der Waals surface area (Å²) >= 11 is 0. The summed E-state index contributed by atoms with van der Waals surface area (Å²) in [5.74, 6) is 0.369. The highest BCUT2D eigenvalue weighted by atomic mass is 16.4. The molecule has 1 saturated heterocycles. The number of carboxylic acids is 1. The first-order chi connectivity index (χ1) is 9.11. The lowest BCUT2D eigenvalue weighted by Crippen LogP contribution is -2.27. The Hall–Kier alpha value is -1.78. The molecule has 0 aromatic carbocycles. The van der Waals surface area contributed by atoms with Crippen molar-refractivity contribution in [2.24, 2.45) is 5.92 Å². The average Bonchev–Trinajstić information content (AvgIpc) is 2.64. The van der Waals surface area contributed by atoms with Gasteiger partial charge in [-0.05, 0) is 37.3 Å². The highest BCUT2D eigenvalue weighted by molar-refractivity contribution is 5.87. The van der Waals surface area contributed by atoms with Gasteiger partial charge in [-0.3, -0.25) is 0 Å². The topological polar surface area (TPSA) is 79.5 Å². The molecule has 3 N–H and O–H groups in total. The number of hydrogen-bond donors (Lipinski definition) is 2. The van der Waals surface area contributed by atoms with Gasteiger partial charge in [-0.15, -0.1) is 0 Å². The Kier molecular flexibility index (Phi) is 4.24. The number of rotatable bonds is 3. The molecule has 0 aliphatic carbocycles. The van der Waals surface area contributed by atoms with E-state index in [0.29, 0.717) is 11.5 Å². The molecule has 1 unspecified atom stereocenters. The summed E-state index contributed by atoms with van der Waals surface area (Å²) in [4.78, 5) is 17.3. The highest BCUT2D eigenvalue weighted by Gasteiger charge is 2.19. The summed E-state index contributed by atoms with van der Waals surface area (Å²) in [7, 11) is 0. The largest absolute Gasteiger partial charge is 0.477 e. The van der Waals surface area contributed by atoms with Crippen LogP contribution in [0.5, 0.6) is 0 Å². The first kappa shape index (κ1) is 13.6. The van der Waals surface area contributed by atoms with E-state index in [-0.39, 0.29) is 5.69 Å². The molecule has 0 spiro atoms. The van der Waals surface area contributed by atoms with E-state index in [1.165, 1.54) is 18.9 Å². The standard InChI is InChI=1S/C14H21N3O2/c1-2-10-4-3-8-17(9-7-10)13-11(15)5-6-12(16-13)14(18)19/h5-6,10H,2-4,7-9,15H2,1H3,(H,18,19). The van der Waals surface area contributed by atoms with Gasteiger partial charge in [-0.25, -0.2) is 9.78 Å². The Bertz CT molecular complexity index is 462. The molecular weight excluding hydrogens is 242 g/mol. The van der Waals surface area contributed by atoms with Gasteiger partial charge in [0.05, 0.1) is 5.69 Å². The zero-order valence-corrected chi connectivity index (χ0v) is 11.3. The molecule has 19 heavy (non-hydrogen) atoms. The lowest BCUT2D eigenvalue weighted by molar-refractivity contribution is 0.0690. The number of carbonyl (C=O) groups is 1. The number of pyridine rings is 1. The molecule has 2 heterocycles. The molecule has 0 amide bonds. The quantitative estimate of drug-likeness (QED) is 0.875. The van der Waals surface area contributed by atoms with E-state index in [1.807, 2.05) is 0 Å². The zero-order chi connectivity index (χ0) is 13.8. The predicted octanol–water partition coefficient (Wildman–Crippen LogP) is 2.38. The van der Waals surface area contributed by atoms with Crippen LogP contribution in [0.4, 0.5) is 11.5 Å². The minimum Gasteiger partial charge on any atom is -0.477 e. The van der Waals surface area contributed by atoms with Crippen LogP contribution in [-0.4, -0.2) is 29.1 Å². The van der Waals surface area contributed by atoms with E-state index in [9.17, 15) is 4.79 Å². The van der Waals surface area contributed by atoms with Crippen LogP contribution in [0.2, 0.25) is 0 Å². The molecule has 0 radical (unpaired) electrons. The van der Waals surface area contributed by atoms with Gasteiger partial charge in [0.25, 0.3) is 0 Å². The molecule has 1 aromatic heterocycles. The zero-order valence-electron chi connectivity index (χ0n) is 11.3. The van der Waals surface area contributed by atoms with Crippen LogP contribution in [0.15, 0.2) is 12.1 Å². The second-order valence-corrected chi connectivity index (χ2v) is 5.11. The monoisotopic (exact) mass is 263 g/mol. The molecule has 5 nitrogen and oxygen atoms in total. The second-order valence-electron chi connectivity index (χ2n) is 5.11. The molecule has 5 heteroatoms. The molecule has 104 valence electrons. The Morgan fingerprint density at radius 2 is 2.26 bits per heavy atom. The van der Waals surface area contributed by atoms with Crippen molar-refractivity contribution in [1.82, 2.24) is 4.98 Å². The predicted molar refractivity (Wildman–Crippen MR) is 75.5 cm³/mol. The Morgan fingerprint density at radius 3 is 2.95 bits per heavy atom. The van der Waals surface area contributed by atoms with Gasteiger partial charge in [0.15, 0.2) is 11.5 Å². The smallest absolute Gasteiger partial charge is 0.354 e. The third-order valence-corrected chi connectivity index (χ3v) is 3.85. The van der Waals surface area contributed by atoms with Crippen molar-refractivity contribution in [3.05, 3.63) is 17.8 Å². The average molecular weight is 263 g/mol. The summed E-state index contributed by atoms with van der Waals surface area (Å²) in [6.45, 7) is 4.02. The minimum absolute atomic E-state index is 0.0560. The van der Waals surface area contributed by atoms with Gasteiger partial charge < -0.3 is 15.7 Å². The van der Waals surface area contributed by atoms with Gasteiger partial charge in [0.2, 0.25) is 0 Å². The van der Waals surface area contributed by atoms with E-state index in [4.69, 9.17) is 10.8 Å². The summed E-state index contributed by atoms with van der Waals surface area (Å²) in [6, 6.07) is 3.09. The molecular formula is C14H21N3O2. The third kappa shape index (κ3) is 3.16. The van der Waals surface area contributed by atoms with Crippen LogP contribution >= 0.6 is 0 Å². The van der Waals surface area contributed by atoms with Gasteiger partial charge >= 0.3 is 5.97 Å². The summed E-state index contributed by atoms with van der Waals surface area (Å²) in [6.07, 6.45) is 4.66. The molecule has 1 fully saturated rings. The fourth-order valence-electron chi connectivity index (χ4n) is 2.62. The number of aromatic nitrogens is 1. The Balaban J connectivity index is 2.20. The van der Waals surface area contributed by atoms with Crippen LogP contribution in [0, 0.1) is 5.92 Å². The lowest BCUT2D eigenvalue weighted by Gasteiger charge is -2.23. The maximum absolute atomic E-state index is 11.0. The molecule has 1 atom stereocenters. The van der Waals surface area contributed by atoms with E-state index in [2.05, 4.69) is 16.8 Å². The second kappa shape index (κ2) is 5.91. The first-order valence-corrected chi connectivity index (χ1v) is 6.86. The number of anilines is 2. The molecule has 1 aliphatic heterocycles. The van der Waals surface area contributed by atoms with Crippen molar-refractivity contribution in [3.8, 4) is 0 Å². The molecule has 0 saturated carbocycles. The number of hydrogen-bond acceptors (Lipinski definition) is 4. The molecule has 2 rings (SSSR count). The third-order valence-electron chi connectivity index (χ3n) is 3.85. The summed E-state index contributed by atoms with van der Waals surface area (Å²) in [5, 5.41) is 9.01. The van der Waals surface area contributed by atoms with Crippen molar-refractivity contribution in [1.29, 1.82) is 0 Å². The van der Waals surface area contributed by atoms with Gasteiger partial charge in [0, 0.05) is 13.1 Å². The van der Waals surface area contributed by atoms with E-state index < -0.39 is 5.97 Å². The number of aromatic carboxylic acids is 1. The van der Waals surface area contributed by atoms with Crippen LogP contribution < -0.4 is 10.6 Å². The number of nitrogens with zero attached hydrogens (tertiary/aromatic N) is 2. The summed E-state index contributed by atoms with van der Waals surface area (Å²) in [5.41, 5.74) is 6.55. The van der Waals surface area contributed by atoms with E-state index in [1.54, 1.807) is 6.07 Å². The normalized spacial score (nSPS) is 20.1. The van der Waals surface area contributed by atoms with Gasteiger partial charge in [-0.1, -0.05) is 13.3 Å². The maximum Gasteiger partial charge on any atom is 0.354 e. The maximum atomic E-state index is 11.0. The van der Waals surface area contributed by atoms with Crippen molar-refractivity contribution in [3.63, 3.8) is 0 Å². The van der Waals surface area contributed by atoms with Crippen LogP contribution in [-0.2, 0) is 0 Å². The van der Waals surface area contributed by atoms with Crippen molar-refractivity contribution in [2.45, 2.75) is 32.6 Å². The van der Waals surface area contributed by atoms with Crippen LogP contribution in [0.1, 0.15) is 43.1 Å². The minimum atomic E-state index is -1.01. The van der Waals surface area contributed by atoms with Crippen molar-refractivity contribution in [2.75, 3.05) is 23.7 Å². The molecule has 0 bridgehead atoms. The number of nitrogens with two attached hydrogens (primary N) is 1. The number of nitrogen functional groups attached to an aromatic ring is 1. The fourth-order valence-corrected chi connectivity index (χ4v) is 2.62. The fraction of sp³-hybridized carbons (Fsp3) is 0.571. The van der Waals surface area contributed by atoms with Crippen molar-refractivity contribution < 1.29 is 9.90 Å². The Labute approximate surface area is 113 Å². The highest BCUT2D eigenvalue weighted by Crippen LogP contribution is 2.27. The number of carboxylic acid groups (broad SMARTS) is 1. The Morgan fingerprint density at radius 1 is 1.47 bits per heavy atom.